The van der Waals surface area contributed by atoms with Crippen molar-refractivity contribution in [2.75, 3.05) is 19.7 Å². The van der Waals surface area contributed by atoms with E-state index >= 15 is 8.63 Å². The van der Waals surface area contributed by atoms with Gasteiger partial charge in [0.25, 0.3) is 5.91 Å². The lowest BCUT2D eigenvalue weighted by atomic mass is 9.90. The predicted octanol–water partition coefficient (Wildman–Crippen LogP) is 4.99. The van der Waals surface area contributed by atoms with Gasteiger partial charge < -0.3 is 32.6 Å². The van der Waals surface area contributed by atoms with Gasteiger partial charge in [0.05, 0.1) is 5.69 Å². The van der Waals surface area contributed by atoms with E-state index in [-0.39, 0.29) is 12.5 Å². The molecule has 1 aromatic carbocycles. The third-order valence-corrected chi connectivity index (χ3v) is 6.24. The molecule has 0 fully saturated rings. The zero-order chi connectivity index (χ0) is 26.5. The SMILES string of the molecule is [N-]=[N+]=NCCCNC(=O)COc1ccc(/C=C/C2=[N+]3C(=Cc4ccc(-c5ccc[nH]5)n4[B-]3(F)F)C=C2)cc1. The van der Waals surface area contributed by atoms with Crippen molar-refractivity contribution < 1.29 is 22.6 Å². The van der Waals surface area contributed by atoms with Gasteiger partial charge in [0, 0.05) is 59.9 Å². The zero-order valence-electron chi connectivity index (χ0n) is 20.3. The van der Waals surface area contributed by atoms with Gasteiger partial charge in [0.2, 0.25) is 0 Å². The fraction of sp³-hybridized carbons (Fsp3) is 0.154. The van der Waals surface area contributed by atoms with Crippen molar-refractivity contribution in [1.82, 2.24) is 14.8 Å². The highest BCUT2D eigenvalue weighted by molar-refractivity contribution is 6.58. The molecule has 12 heteroatoms. The molecule has 9 nitrogen and oxygen atoms in total. The van der Waals surface area contributed by atoms with E-state index in [9.17, 15) is 4.79 Å². The number of rotatable bonds is 10. The standard InChI is InChI=1S/C26H24BF2N7O2/c28-27(29)35-20(8-9-21(35)17-22-10-13-25(36(22)27)24-3-1-14-31-24)7-4-19-5-11-23(12-6-19)38-18-26(37)32-15-2-16-33-34-30/h1,3-14,17,31H,2,15-16,18H2,(H,32,37)/b7-4+. The van der Waals surface area contributed by atoms with Crippen LogP contribution in [0, 0.1) is 0 Å². The van der Waals surface area contributed by atoms with E-state index in [1.165, 1.54) is 0 Å². The Balaban J connectivity index is 1.26. The van der Waals surface area contributed by atoms with Gasteiger partial charge in [-0.3, -0.25) is 4.79 Å². The van der Waals surface area contributed by atoms with Crippen LogP contribution in [0.15, 0.2) is 83.8 Å². The molecule has 0 radical (unpaired) electrons. The number of carbonyl (C=O) groups excluding carboxylic acids is 1. The number of carbonyl (C=O) groups is 1. The summed E-state index contributed by atoms with van der Waals surface area (Å²) in [6.45, 7) is -3.55. The van der Waals surface area contributed by atoms with Crippen LogP contribution in [-0.2, 0) is 4.79 Å². The maximum absolute atomic E-state index is 15.9. The van der Waals surface area contributed by atoms with Crippen LogP contribution in [0.3, 0.4) is 0 Å². The number of aromatic amines is 1. The van der Waals surface area contributed by atoms with Crippen molar-refractivity contribution in [3.63, 3.8) is 0 Å². The number of nitrogens with zero attached hydrogens (tertiary/aromatic N) is 5. The molecular weight excluding hydrogens is 491 g/mol. The molecule has 1 amide bonds. The fourth-order valence-electron chi connectivity index (χ4n) is 4.48. The molecule has 0 saturated carbocycles. The number of ether oxygens (including phenoxy) is 1. The van der Waals surface area contributed by atoms with Gasteiger partial charge >= 0.3 is 6.97 Å². The first-order valence-corrected chi connectivity index (χ1v) is 12.1. The Kier molecular flexibility index (Phi) is 6.97. The number of nitrogens with one attached hydrogen (secondary N) is 2. The van der Waals surface area contributed by atoms with Gasteiger partial charge in [-0.2, -0.15) is 0 Å². The van der Waals surface area contributed by atoms with Crippen molar-refractivity contribution >= 4 is 30.7 Å². The summed E-state index contributed by atoms with van der Waals surface area (Å²) in [4.78, 5) is 17.5. The quantitative estimate of drug-likeness (QED) is 0.130. The largest absolute Gasteiger partial charge is 0.737 e. The summed E-state index contributed by atoms with van der Waals surface area (Å²) >= 11 is 0. The lowest BCUT2D eigenvalue weighted by molar-refractivity contribution is -0.359. The minimum Gasteiger partial charge on any atom is -0.484 e. The topological polar surface area (TPSA) is 111 Å². The minimum atomic E-state index is -4.12. The number of hydrogen-bond acceptors (Lipinski definition) is 3. The molecule has 0 saturated heterocycles. The van der Waals surface area contributed by atoms with E-state index in [0.29, 0.717) is 53.8 Å². The van der Waals surface area contributed by atoms with E-state index < -0.39 is 6.97 Å². The van der Waals surface area contributed by atoms with Crippen LogP contribution in [0.4, 0.5) is 8.63 Å². The Morgan fingerprint density at radius 3 is 2.79 bits per heavy atom. The smallest absolute Gasteiger partial charge is 0.484 e. The summed E-state index contributed by atoms with van der Waals surface area (Å²) in [7, 11) is 0. The molecule has 0 spiro atoms. The lowest BCUT2D eigenvalue weighted by Crippen LogP contribution is -2.50. The molecule has 2 N–H and O–H groups in total. The highest BCUT2D eigenvalue weighted by Crippen LogP contribution is 2.35. The number of aromatic nitrogens is 2. The molecule has 5 rings (SSSR count). The Labute approximate surface area is 217 Å². The van der Waals surface area contributed by atoms with E-state index in [0.717, 1.165) is 14.5 Å². The lowest BCUT2D eigenvalue weighted by Gasteiger charge is -2.30. The average molecular weight is 515 g/mol. The van der Waals surface area contributed by atoms with Gasteiger partial charge in [-0.25, -0.2) is 0 Å². The summed E-state index contributed by atoms with van der Waals surface area (Å²) in [6, 6.07) is 14.0. The number of allylic oxidation sites excluding steroid dienone is 3. The Morgan fingerprint density at radius 2 is 2.03 bits per heavy atom. The zero-order valence-corrected chi connectivity index (χ0v) is 20.3. The van der Waals surface area contributed by atoms with E-state index in [1.54, 1.807) is 85.1 Å². The predicted molar refractivity (Wildman–Crippen MR) is 143 cm³/mol. The number of amides is 1. The summed E-state index contributed by atoms with van der Waals surface area (Å²) in [6.07, 6.45) is 10.8. The number of halogens is 2. The first kappa shape index (κ1) is 24.9. The van der Waals surface area contributed by atoms with E-state index in [4.69, 9.17) is 10.3 Å². The second-order valence-electron chi connectivity index (χ2n) is 8.73. The summed E-state index contributed by atoms with van der Waals surface area (Å²) in [5.74, 6) is 0.227. The monoisotopic (exact) mass is 515 g/mol. The van der Waals surface area contributed by atoms with Crippen molar-refractivity contribution in [1.29, 1.82) is 0 Å². The molecule has 2 aromatic heterocycles. The summed E-state index contributed by atoms with van der Waals surface area (Å²) < 4.78 is 39.4. The Bertz CT molecular complexity index is 1510. The molecule has 4 heterocycles. The molecule has 0 atom stereocenters. The molecule has 2 aliphatic heterocycles. The Hall–Kier alpha value is -4.83. The average Bonchev–Trinajstić information content (AvgIpc) is 3.67. The molecule has 192 valence electrons. The van der Waals surface area contributed by atoms with Crippen molar-refractivity contribution in [3.8, 4) is 17.1 Å². The molecule has 0 aliphatic carbocycles. The summed E-state index contributed by atoms with van der Waals surface area (Å²) in [5, 5.41) is 6.08. The van der Waals surface area contributed by atoms with Crippen molar-refractivity contribution in [2.24, 2.45) is 5.11 Å². The second-order valence-corrected chi connectivity index (χ2v) is 8.73. The Morgan fingerprint density at radius 1 is 1.18 bits per heavy atom. The van der Waals surface area contributed by atoms with Crippen LogP contribution in [-0.4, -0.2) is 52.2 Å². The number of fused-ring (bicyclic) bond motifs is 2. The number of H-pyrrole nitrogens is 1. The van der Waals surface area contributed by atoms with Gasteiger partial charge in [0.15, 0.2) is 18.0 Å². The molecule has 3 aromatic rings. The first-order valence-electron chi connectivity index (χ1n) is 12.1. The van der Waals surface area contributed by atoms with Crippen molar-refractivity contribution in [2.45, 2.75) is 6.42 Å². The fourth-order valence-corrected chi connectivity index (χ4v) is 4.48. The molecular formula is C26H24BF2N7O2. The van der Waals surface area contributed by atoms with Gasteiger partial charge in [-0.1, -0.05) is 17.2 Å². The summed E-state index contributed by atoms with van der Waals surface area (Å²) in [5.41, 5.74) is 11.4. The van der Waals surface area contributed by atoms with E-state index in [2.05, 4.69) is 20.3 Å². The molecule has 38 heavy (non-hydrogen) atoms. The van der Waals surface area contributed by atoms with Gasteiger partial charge in [0.1, 0.15) is 5.75 Å². The van der Waals surface area contributed by atoms with Gasteiger partial charge in [-0.15, -0.1) is 0 Å². The van der Waals surface area contributed by atoms with Crippen molar-refractivity contribution in [3.05, 3.63) is 100 Å². The highest BCUT2D eigenvalue weighted by Gasteiger charge is 2.52. The van der Waals surface area contributed by atoms with Crippen LogP contribution < -0.4 is 10.1 Å². The van der Waals surface area contributed by atoms with E-state index in [1.807, 2.05) is 0 Å². The molecule has 0 bridgehead atoms. The van der Waals surface area contributed by atoms with Crippen LogP contribution in [0.1, 0.15) is 17.7 Å². The van der Waals surface area contributed by atoms with Crippen LogP contribution >= 0.6 is 0 Å². The van der Waals surface area contributed by atoms with Crippen LogP contribution in [0.25, 0.3) is 34.0 Å². The van der Waals surface area contributed by atoms with Gasteiger partial charge in [-0.05, 0) is 60.0 Å². The second kappa shape index (κ2) is 10.7. The van der Waals surface area contributed by atoms with Crippen LogP contribution in [0.2, 0.25) is 0 Å². The maximum Gasteiger partial charge on any atom is 0.737 e. The van der Waals surface area contributed by atoms with Crippen LogP contribution in [0.5, 0.6) is 5.75 Å². The highest BCUT2D eigenvalue weighted by atomic mass is 19.2. The number of hydrogen-bond donors (Lipinski definition) is 2. The third-order valence-electron chi connectivity index (χ3n) is 6.24. The normalized spacial score (nSPS) is 15.2. The minimum absolute atomic E-state index is 0.146. The molecule has 2 aliphatic rings. The first-order chi connectivity index (χ1) is 18.5. The number of benzene rings is 1. The molecule has 0 unspecified atom stereocenters. The number of azide groups is 1. The maximum atomic E-state index is 15.9. The third kappa shape index (κ3) is 5.02.